The fourth-order valence-electron chi connectivity index (χ4n) is 1.94. The van der Waals surface area contributed by atoms with Gasteiger partial charge < -0.3 is 11.5 Å². The Kier molecular flexibility index (Phi) is 2.77. The molecule has 0 fully saturated rings. The number of hydrogen-bond donors (Lipinski definition) is 2. The minimum atomic E-state index is 0.511. The van der Waals surface area contributed by atoms with Gasteiger partial charge in [0.25, 0.3) is 0 Å². The summed E-state index contributed by atoms with van der Waals surface area (Å²) in [4.78, 5) is 0. The van der Waals surface area contributed by atoms with Crippen molar-refractivity contribution in [2.75, 3.05) is 5.73 Å². The van der Waals surface area contributed by atoms with Crippen molar-refractivity contribution in [1.29, 1.82) is 0 Å². The normalized spacial score (nSPS) is 20.0. The second-order valence-electron chi connectivity index (χ2n) is 4.01. The molecular formula is C13H16N2. The van der Waals surface area contributed by atoms with E-state index in [0.29, 0.717) is 5.92 Å². The first-order valence-corrected chi connectivity index (χ1v) is 5.22. The average molecular weight is 200 g/mol. The molecule has 2 rings (SSSR count). The lowest BCUT2D eigenvalue weighted by Crippen LogP contribution is -2.08. The van der Waals surface area contributed by atoms with Crippen molar-refractivity contribution in [2.45, 2.75) is 12.8 Å². The Balaban J connectivity index is 2.06. The smallest absolute Gasteiger partial charge is 0.0316 e. The van der Waals surface area contributed by atoms with Crippen LogP contribution in [0.5, 0.6) is 0 Å². The van der Waals surface area contributed by atoms with Gasteiger partial charge in [0.1, 0.15) is 0 Å². The van der Waals surface area contributed by atoms with Crippen LogP contribution in [-0.2, 0) is 6.42 Å². The molecule has 0 saturated heterocycles. The number of anilines is 1. The number of nitrogen functional groups attached to an aromatic ring is 1. The van der Waals surface area contributed by atoms with Gasteiger partial charge in [-0.1, -0.05) is 24.3 Å². The molecule has 2 nitrogen and oxygen atoms in total. The Morgan fingerprint density at radius 1 is 1.27 bits per heavy atom. The van der Waals surface area contributed by atoms with E-state index in [1.807, 2.05) is 24.3 Å². The van der Waals surface area contributed by atoms with E-state index in [1.165, 1.54) is 5.56 Å². The molecule has 4 N–H and O–H groups in total. The molecule has 1 aromatic carbocycles. The fourth-order valence-corrected chi connectivity index (χ4v) is 1.94. The molecule has 0 bridgehead atoms. The largest absolute Gasteiger partial charge is 0.399 e. The van der Waals surface area contributed by atoms with E-state index in [0.717, 1.165) is 24.2 Å². The van der Waals surface area contributed by atoms with Gasteiger partial charge in [0.2, 0.25) is 0 Å². The monoisotopic (exact) mass is 200 g/mol. The van der Waals surface area contributed by atoms with E-state index in [9.17, 15) is 0 Å². The van der Waals surface area contributed by atoms with Crippen molar-refractivity contribution in [2.24, 2.45) is 11.7 Å². The van der Waals surface area contributed by atoms with Gasteiger partial charge >= 0.3 is 0 Å². The Labute approximate surface area is 90.3 Å². The SMILES string of the molecule is NC1=CC(Cc2cccc(N)c2)CC=C1. The van der Waals surface area contributed by atoms with Gasteiger partial charge in [-0.15, -0.1) is 0 Å². The van der Waals surface area contributed by atoms with Crippen LogP contribution in [0.1, 0.15) is 12.0 Å². The molecule has 0 aromatic heterocycles. The van der Waals surface area contributed by atoms with Crippen molar-refractivity contribution in [1.82, 2.24) is 0 Å². The van der Waals surface area contributed by atoms with E-state index in [2.05, 4.69) is 18.2 Å². The third-order valence-corrected chi connectivity index (χ3v) is 2.63. The Hall–Kier alpha value is -1.70. The Morgan fingerprint density at radius 2 is 2.13 bits per heavy atom. The number of hydrogen-bond acceptors (Lipinski definition) is 2. The second-order valence-corrected chi connectivity index (χ2v) is 4.01. The highest BCUT2D eigenvalue weighted by atomic mass is 14.6. The summed E-state index contributed by atoms with van der Waals surface area (Å²) in [5.74, 6) is 0.511. The summed E-state index contributed by atoms with van der Waals surface area (Å²) in [5.41, 5.74) is 14.5. The van der Waals surface area contributed by atoms with E-state index in [-0.39, 0.29) is 0 Å². The fraction of sp³-hybridized carbons (Fsp3) is 0.231. The quantitative estimate of drug-likeness (QED) is 0.719. The van der Waals surface area contributed by atoms with Crippen molar-refractivity contribution < 1.29 is 0 Å². The number of rotatable bonds is 2. The van der Waals surface area contributed by atoms with Crippen LogP contribution in [0, 0.1) is 5.92 Å². The summed E-state index contributed by atoms with van der Waals surface area (Å²) in [6.07, 6.45) is 8.30. The molecule has 0 saturated carbocycles. The van der Waals surface area contributed by atoms with E-state index in [4.69, 9.17) is 11.5 Å². The standard InChI is InChI=1S/C13H16N2/c14-12-5-1-3-10(8-12)7-11-4-2-6-13(15)9-11/h1-3,5-6,8-9,11H,4,7,14-15H2. The zero-order valence-electron chi connectivity index (χ0n) is 8.69. The summed E-state index contributed by atoms with van der Waals surface area (Å²) < 4.78 is 0. The molecular weight excluding hydrogens is 184 g/mol. The van der Waals surface area contributed by atoms with E-state index < -0.39 is 0 Å². The first-order chi connectivity index (χ1) is 7.24. The lowest BCUT2D eigenvalue weighted by molar-refractivity contribution is 0.647. The maximum absolute atomic E-state index is 5.76. The summed E-state index contributed by atoms with van der Waals surface area (Å²) in [6, 6.07) is 8.05. The first-order valence-electron chi connectivity index (χ1n) is 5.22. The minimum absolute atomic E-state index is 0.511. The van der Waals surface area contributed by atoms with Crippen molar-refractivity contribution in [3.8, 4) is 0 Å². The van der Waals surface area contributed by atoms with Gasteiger partial charge in [0.05, 0.1) is 0 Å². The maximum atomic E-state index is 5.76. The van der Waals surface area contributed by atoms with E-state index >= 15 is 0 Å². The van der Waals surface area contributed by atoms with Gasteiger partial charge in [0.15, 0.2) is 0 Å². The predicted octanol–water partition coefficient (Wildman–Crippen LogP) is 2.23. The molecule has 1 aliphatic rings. The van der Waals surface area contributed by atoms with Crippen molar-refractivity contribution in [3.63, 3.8) is 0 Å². The summed E-state index contributed by atoms with van der Waals surface area (Å²) >= 11 is 0. The van der Waals surface area contributed by atoms with Crippen LogP contribution in [-0.4, -0.2) is 0 Å². The van der Waals surface area contributed by atoms with Crippen LogP contribution in [0.15, 0.2) is 48.2 Å². The molecule has 1 aromatic rings. The molecule has 0 heterocycles. The van der Waals surface area contributed by atoms with Crippen LogP contribution < -0.4 is 11.5 Å². The highest BCUT2D eigenvalue weighted by Crippen LogP contribution is 2.20. The molecule has 1 unspecified atom stereocenters. The minimum Gasteiger partial charge on any atom is -0.399 e. The number of allylic oxidation sites excluding steroid dienone is 3. The van der Waals surface area contributed by atoms with E-state index in [1.54, 1.807) is 0 Å². The van der Waals surface area contributed by atoms with Crippen LogP contribution in [0.25, 0.3) is 0 Å². The van der Waals surface area contributed by atoms with Gasteiger partial charge in [-0.05, 0) is 42.5 Å². The molecule has 1 atom stereocenters. The first kappa shape index (κ1) is 9.84. The molecule has 78 valence electrons. The Bertz CT molecular complexity index is 405. The average Bonchev–Trinajstić information content (AvgIpc) is 2.17. The summed E-state index contributed by atoms with van der Waals surface area (Å²) in [5, 5.41) is 0. The lowest BCUT2D eigenvalue weighted by Gasteiger charge is -2.15. The van der Waals surface area contributed by atoms with Crippen molar-refractivity contribution in [3.05, 3.63) is 53.8 Å². The summed E-state index contributed by atoms with van der Waals surface area (Å²) in [6.45, 7) is 0. The van der Waals surface area contributed by atoms with Crippen LogP contribution >= 0.6 is 0 Å². The molecule has 0 aliphatic heterocycles. The zero-order chi connectivity index (χ0) is 10.7. The van der Waals surface area contributed by atoms with Gasteiger partial charge in [-0.25, -0.2) is 0 Å². The molecule has 0 radical (unpaired) electrons. The van der Waals surface area contributed by atoms with Crippen LogP contribution in [0.4, 0.5) is 5.69 Å². The molecule has 15 heavy (non-hydrogen) atoms. The third-order valence-electron chi connectivity index (χ3n) is 2.63. The van der Waals surface area contributed by atoms with Crippen LogP contribution in [0.2, 0.25) is 0 Å². The number of benzene rings is 1. The molecule has 0 amide bonds. The highest BCUT2D eigenvalue weighted by molar-refractivity contribution is 5.41. The number of nitrogens with two attached hydrogens (primary N) is 2. The topological polar surface area (TPSA) is 52.0 Å². The predicted molar refractivity (Wildman–Crippen MR) is 64.1 cm³/mol. The second kappa shape index (κ2) is 4.22. The summed E-state index contributed by atoms with van der Waals surface area (Å²) in [7, 11) is 0. The van der Waals surface area contributed by atoms with Gasteiger partial charge in [-0.3, -0.25) is 0 Å². The lowest BCUT2D eigenvalue weighted by atomic mass is 9.92. The third kappa shape index (κ3) is 2.62. The molecule has 2 heteroatoms. The van der Waals surface area contributed by atoms with Crippen LogP contribution in [0.3, 0.4) is 0 Å². The van der Waals surface area contributed by atoms with Gasteiger partial charge in [0, 0.05) is 11.4 Å². The maximum Gasteiger partial charge on any atom is 0.0316 e. The molecule has 0 spiro atoms. The van der Waals surface area contributed by atoms with Crippen molar-refractivity contribution >= 4 is 5.69 Å². The highest BCUT2D eigenvalue weighted by Gasteiger charge is 2.08. The molecule has 1 aliphatic carbocycles. The van der Waals surface area contributed by atoms with Gasteiger partial charge in [-0.2, -0.15) is 0 Å². The Morgan fingerprint density at radius 3 is 2.87 bits per heavy atom. The zero-order valence-corrected chi connectivity index (χ0v) is 8.69.